The first-order valence-electron chi connectivity index (χ1n) is 7.82. The summed E-state index contributed by atoms with van der Waals surface area (Å²) in [5.41, 5.74) is 3.57. The molecule has 1 aliphatic carbocycles. The second-order valence-corrected chi connectivity index (χ2v) is 6.32. The average Bonchev–Trinajstić information content (AvgIpc) is 2.93. The van der Waals surface area contributed by atoms with Crippen LogP contribution in [0.25, 0.3) is 11.0 Å². The summed E-state index contributed by atoms with van der Waals surface area (Å²) in [6.45, 7) is 0. The molecular formula is C19H16ClNO2. The predicted octanol–water partition coefficient (Wildman–Crippen LogP) is 5.22. The molecule has 116 valence electrons. The molecule has 1 aromatic heterocycles. The van der Waals surface area contributed by atoms with E-state index in [1.807, 2.05) is 18.2 Å². The highest BCUT2D eigenvalue weighted by Crippen LogP contribution is 2.33. The Morgan fingerprint density at radius 1 is 1.04 bits per heavy atom. The number of nitrogens with one attached hydrogen (secondary N) is 1. The van der Waals surface area contributed by atoms with Gasteiger partial charge < -0.3 is 9.73 Å². The number of carbonyl (C=O) groups is 1. The van der Waals surface area contributed by atoms with Crippen LogP contribution in [-0.2, 0) is 12.8 Å². The second-order valence-electron chi connectivity index (χ2n) is 5.88. The molecule has 23 heavy (non-hydrogen) atoms. The number of rotatable bonds is 2. The number of hydrogen-bond acceptors (Lipinski definition) is 2. The standard InChI is InChI=1S/C19H16ClNO2/c20-13-7-5-12(6-8-13)19(22)21-14-9-10-18-16(11-14)15-3-1-2-4-17(15)23-18/h5-11H,1-4H2,(H,21,22). The zero-order valence-electron chi connectivity index (χ0n) is 12.6. The van der Waals surface area contributed by atoms with Gasteiger partial charge in [0.1, 0.15) is 11.3 Å². The van der Waals surface area contributed by atoms with Crippen molar-refractivity contribution >= 4 is 34.2 Å². The number of furan rings is 1. The van der Waals surface area contributed by atoms with Crippen molar-refractivity contribution in [1.29, 1.82) is 0 Å². The molecule has 1 heterocycles. The van der Waals surface area contributed by atoms with Crippen LogP contribution in [0.1, 0.15) is 34.5 Å². The monoisotopic (exact) mass is 325 g/mol. The maximum atomic E-state index is 12.3. The van der Waals surface area contributed by atoms with Crippen LogP contribution < -0.4 is 5.32 Å². The minimum atomic E-state index is -0.140. The number of aryl methyl sites for hydroxylation is 2. The van der Waals surface area contributed by atoms with E-state index in [2.05, 4.69) is 5.32 Å². The van der Waals surface area contributed by atoms with Gasteiger partial charge in [0.05, 0.1) is 0 Å². The van der Waals surface area contributed by atoms with Crippen LogP contribution in [-0.4, -0.2) is 5.91 Å². The van der Waals surface area contributed by atoms with E-state index in [0.717, 1.165) is 35.3 Å². The summed E-state index contributed by atoms with van der Waals surface area (Å²) in [5, 5.41) is 4.68. The van der Waals surface area contributed by atoms with Crippen molar-refractivity contribution in [3.05, 3.63) is 64.4 Å². The first kappa shape index (κ1) is 14.3. The maximum Gasteiger partial charge on any atom is 0.255 e. The summed E-state index contributed by atoms with van der Waals surface area (Å²) in [4.78, 5) is 12.3. The van der Waals surface area contributed by atoms with Gasteiger partial charge in [-0.1, -0.05) is 11.6 Å². The first-order chi connectivity index (χ1) is 11.2. The Balaban J connectivity index is 1.64. The van der Waals surface area contributed by atoms with Gasteiger partial charge in [0, 0.05) is 33.6 Å². The SMILES string of the molecule is O=C(Nc1ccc2oc3c(c2c1)CCCC3)c1ccc(Cl)cc1. The van der Waals surface area contributed by atoms with E-state index >= 15 is 0 Å². The van der Waals surface area contributed by atoms with E-state index in [0.29, 0.717) is 10.6 Å². The van der Waals surface area contributed by atoms with E-state index in [1.54, 1.807) is 24.3 Å². The Kier molecular flexibility index (Phi) is 3.58. The highest BCUT2D eigenvalue weighted by atomic mass is 35.5. The van der Waals surface area contributed by atoms with Crippen LogP contribution in [0.5, 0.6) is 0 Å². The van der Waals surface area contributed by atoms with Gasteiger partial charge >= 0.3 is 0 Å². The van der Waals surface area contributed by atoms with Crippen molar-refractivity contribution in [3.8, 4) is 0 Å². The quantitative estimate of drug-likeness (QED) is 0.702. The van der Waals surface area contributed by atoms with Crippen LogP contribution in [0, 0.1) is 0 Å². The Labute approximate surface area is 139 Å². The van der Waals surface area contributed by atoms with Crippen molar-refractivity contribution in [1.82, 2.24) is 0 Å². The Hall–Kier alpha value is -2.26. The van der Waals surface area contributed by atoms with E-state index in [9.17, 15) is 4.79 Å². The summed E-state index contributed by atoms with van der Waals surface area (Å²) < 4.78 is 5.92. The molecule has 1 amide bonds. The number of amides is 1. The maximum absolute atomic E-state index is 12.3. The van der Waals surface area contributed by atoms with Crippen LogP contribution in [0.3, 0.4) is 0 Å². The molecule has 1 aliphatic rings. The van der Waals surface area contributed by atoms with Gasteiger partial charge in [-0.05, 0) is 61.7 Å². The number of halogens is 1. The molecule has 0 spiro atoms. The van der Waals surface area contributed by atoms with Crippen LogP contribution >= 0.6 is 11.6 Å². The van der Waals surface area contributed by atoms with Crippen molar-refractivity contribution in [2.24, 2.45) is 0 Å². The summed E-state index contributed by atoms with van der Waals surface area (Å²) in [7, 11) is 0. The van der Waals surface area contributed by atoms with Gasteiger partial charge in [-0.2, -0.15) is 0 Å². The molecule has 3 aromatic rings. The van der Waals surface area contributed by atoms with E-state index in [-0.39, 0.29) is 5.91 Å². The smallest absolute Gasteiger partial charge is 0.255 e. The highest BCUT2D eigenvalue weighted by Gasteiger charge is 2.18. The Bertz CT molecular complexity index is 880. The molecule has 0 radical (unpaired) electrons. The minimum Gasteiger partial charge on any atom is -0.461 e. The van der Waals surface area contributed by atoms with Crippen LogP contribution in [0.2, 0.25) is 5.02 Å². The fraction of sp³-hybridized carbons (Fsp3) is 0.211. The van der Waals surface area contributed by atoms with E-state index in [4.69, 9.17) is 16.0 Å². The summed E-state index contributed by atoms with van der Waals surface area (Å²) >= 11 is 5.85. The lowest BCUT2D eigenvalue weighted by Gasteiger charge is -2.09. The molecule has 0 bridgehead atoms. The number of carbonyl (C=O) groups excluding carboxylic acids is 1. The zero-order chi connectivity index (χ0) is 15.8. The summed E-state index contributed by atoms with van der Waals surface area (Å²) in [6.07, 6.45) is 4.45. The number of fused-ring (bicyclic) bond motifs is 3. The molecule has 1 N–H and O–H groups in total. The van der Waals surface area contributed by atoms with Crippen molar-refractivity contribution < 1.29 is 9.21 Å². The normalized spacial score (nSPS) is 13.8. The lowest BCUT2D eigenvalue weighted by atomic mass is 9.96. The molecular weight excluding hydrogens is 310 g/mol. The molecule has 4 rings (SSSR count). The third-order valence-electron chi connectivity index (χ3n) is 4.32. The van der Waals surface area contributed by atoms with Gasteiger partial charge in [0.2, 0.25) is 0 Å². The Morgan fingerprint density at radius 3 is 2.65 bits per heavy atom. The molecule has 3 nitrogen and oxygen atoms in total. The van der Waals surface area contributed by atoms with E-state index < -0.39 is 0 Å². The largest absolute Gasteiger partial charge is 0.461 e. The third kappa shape index (κ3) is 2.73. The third-order valence-corrected chi connectivity index (χ3v) is 4.57. The fourth-order valence-corrected chi connectivity index (χ4v) is 3.27. The van der Waals surface area contributed by atoms with Crippen molar-refractivity contribution in [2.75, 3.05) is 5.32 Å². The lowest BCUT2D eigenvalue weighted by molar-refractivity contribution is 0.102. The van der Waals surface area contributed by atoms with Crippen molar-refractivity contribution in [2.45, 2.75) is 25.7 Å². The highest BCUT2D eigenvalue weighted by molar-refractivity contribution is 6.30. The van der Waals surface area contributed by atoms with Crippen LogP contribution in [0.15, 0.2) is 46.9 Å². The lowest BCUT2D eigenvalue weighted by Crippen LogP contribution is -2.11. The summed E-state index contributed by atoms with van der Waals surface area (Å²) in [5.74, 6) is 0.964. The average molecular weight is 326 g/mol. The van der Waals surface area contributed by atoms with Gasteiger partial charge in [0.15, 0.2) is 0 Å². The summed E-state index contributed by atoms with van der Waals surface area (Å²) in [6, 6.07) is 12.7. The molecule has 0 saturated carbocycles. The first-order valence-corrected chi connectivity index (χ1v) is 8.20. The second kappa shape index (κ2) is 5.74. The molecule has 0 unspecified atom stereocenters. The van der Waals surface area contributed by atoms with E-state index in [1.165, 1.54) is 18.4 Å². The molecule has 0 aliphatic heterocycles. The molecule has 4 heteroatoms. The topological polar surface area (TPSA) is 42.2 Å². The molecule has 0 saturated heterocycles. The van der Waals surface area contributed by atoms with Gasteiger partial charge in [0.25, 0.3) is 5.91 Å². The Morgan fingerprint density at radius 2 is 1.83 bits per heavy atom. The van der Waals surface area contributed by atoms with Crippen molar-refractivity contribution in [3.63, 3.8) is 0 Å². The number of anilines is 1. The predicted molar refractivity (Wildman–Crippen MR) is 92.3 cm³/mol. The fourth-order valence-electron chi connectivity index (χ4n) is 3.14. The zero-order valence-corrected chi connectivity index (χ0v) is 13.3. The van der Waals surface area contributed by atoms with Gasteiger partial charge in [-0.15, -0.1) is 0 Å². The minimum absolute atomic E-state index is 0.140. The molecule has 0 fully saturated rings. The van der Waals surface area contributed by atoms with Gasteiger partial charge in [-0.25, -0.2) is 0 Å². The molecule has 2 aromatic carbocycles. The van der Waals surface area contributed by atoms with Crippen LogP contribution in [0.4, 0.5) is 5.69 Å². The number of benzene rings is 2. The number of hydrogen-bond donors (Lipinski definition) is 1. The van der Waals surface area contributed by atoms with Gasteiger partial charge in [-0.3, -0.25) is 4.79 Å². The molecule has 0 atom stereocenters.